The monoisotopic (exact) mass is 1940 g/mol. The molecule has 0 radical (unpaired) electrons. The number of sulfonamides is 3. The van der Waals surface area contributed by atoms with E-state index in [9.17, 15) is 59.9 Å². The Labute approximate surface area is 794 Å². The number of aromatic nitrogens is 4. The molecule has 10 aromatic rings. The largest absolute Gasteiger partial charge is 0.493 e. The van der Waals surface area contributed by atoms with Crippen LogP contribution in [-0.4, -0.2) is 252 Å². The number of allylic oxidation sites excluding steroid dienone is 2. The van der Waals surface area contributed by atoms with Crippen molar-refractivity contribution in [3.05, 3.63) is 233 Å². The van der Waals surface area contributed by atoms with Crippen LogP contribution >= 0.6 is 23.2 Å². The smallest absolute Gasteiger partial charge is 0.277 e. The molecule has 0 spiro atoms. The minimum absolute atomic E-state index is 0.0279. The zero-order chi connectivity index (χ0) is 95.0. The van der Waals surface area contributed by atoms with Crippen LogP contribution < -0.4 is 38.2 Å². The van der Waals surface area contributed by atoms with E-state index in [0.717, 1.165) is 122 Å². The summed E-state index contributed by atoms with van der Waals surface area (Å²) in [5.74, 6) is -1.18. The molecule has 6 aliphatic heterocycles. The molecule has 10 heterocycles. The van der Waals surface area contributed by atoms with Gasteiger partial charge in [0.2, 0.25) is 15.9 Å². The highest BCUT2D eigenvalue weighted by Crippen LogP contribution is 2.48. The van der Waals surface area contributed by atoms with E-state index in [0.29, 0.717) is 126 Å². The van der Waals surface area contributed by atoms with Crippen molar-refractivity contribution in [3.63, 3.8) is 0 Å². The molecule has 4 aromatic heterocycles. The molecule has 3 amide bonds. The van der Waals surface area contributed by atoms with E-state index >= 15 is 0 Å². The summed E-state index contributed by atoms with van der Waals surface area (Å²) in [5, 5.41) is 27.9. The highest BCUT2D eigenvalue weighted by Gasteiger charge is 2.39. The molecule has 0 saturated carbocycles. The molecule has 2 aliphatic carbocycles. The molecule has 2 atom stereocenters. The molecule has 18 rings (SSSR count). The molecule has 6 aromatic carbocycles. The van der Waals surface area contributed by atoms with Crippen molar-refractivity contribution in [2.24, 2.45) is 22.7 Å². The first-order chi connectivity index (χ1) is 64.4. The lowest BCUT2D eigenvalue weighted by atomic mass is 9.72. The number of hydrogen-bond donors (Lipinski definition) is 4. The molecule has 4 N–H and O–H groups in total. The molecule has 4 saturated heterocycles. The number of nitrogens with zero attached hydrogens (tertiary/aromatic N) is 12. The number of nitro benzene ring substituents is 2. The van der Waals surface area contributed by atoms with Crippen LogP contribution in [0, 0.1) is 42.9 Å². The fraction of sp³-hybridized carbons (Fsp3) is 0.412. The van der Waals surface area contributed by atoms with Crippen molar-refractivity contribution < 1.29 is 68.4 Å². The Bertz CT molecular complexity index is 6640. The van der Waals surface area contributed by atoms with Crippen LogP contribution in [0.15, 0.2) is 179 Å². The van der Waals surface area contributed by atoms with Gasteiger partial charge in [0.25, 0.3) is 43.2 Å². The number of carbonyl (C=O) groups excluding carboxylic acids is 3. The summed E-state index contributed by atoms with van der Waals surface area (Å²) in [4.78, 5) is 93.0. The van der Waals surface area contributed by atoms with Crippen molar-refractivity contribution in [1.29, 1.82) is 0 Å². The molecular weight excluding hydrogens is 1830 g/mol. The molecule has 4 fully saturated rings. The van der Waals surface area contributed by atoms with Gasteiger partial charge < -0.3 is 48.5 Å². The van der Waals surface area contributed by atoms with Gasteiger partial charge in [-0.3, -0.25) is 49.3 Å². The van der Waals surface area contributed by atoms with Gasteiger partial charge in [0, 0.05) is 231 Å². The molecule has 135 heavy (non-hydrogen) atoms. The summed E-state index contributed by atoms with van der Waals surface area (Å²) in [5.41, 5.74) is 11.0. The standard InChI is InChI=1S/C49H55ClN8O8S.C48H55ClN8O9S2/c1-32(59)56-18-14-54(15-19-56)29-33-22-42-44(58(61)62)25-40(26-45(42)65-31-33)67(63,64)53-48(60)41-9-8-38(24-46(41)66-39-23-35-11-13-51-47(35)52-28-39)57-20-16-55(17-21-57)30-36-10-12-49(2,3)27-43(36)34-4-6-37(50)7-5-34;1-48(2)12-10-35(42(27-48)33-4-6-36(49)7-5-33)30-54-14-18-55(19-15-54)37-8-9-40(45(24-37)66-38-23-34-11-13-50-46(34)51-28-38)47(58)52-68(63,64)39-25-43(57(59)60)41-22-32(31-65-44(41)26-39)29-53-16-20-56(21-17-53)67(3,61)62/h4-9,11,13,23-26,28,33H,10,12,14-22,27,29-31H2,1-3H3,(H,51,52)(H,53,60);4-9,11,13,23-26,28,32H,10,12,14-22,27,29-31H2,1-3H3,(H,50,51)(H,52,58)/t33-;32-/m00/s1. The number of anilines is 2. The normalized spacial score (nSPS) is 19.4. The third kappa shape index (κ3) is 22.6. The Hall–Kier alpha value is -11.6. The number of pyridine rings is 2. The van der Waals surface area contributed by atoms with E-state index in [1.807, 2.05) is 36.4 Å². The number of carbonyl (C=O) groups is 3. The Balaban J connectivity index is 0.000000188. The second-order valence-electron chi connectivity index (χ2n) is 37.9. The molecular formula is C97H110Cl2N16O17S3. The number of hydrogen-bond acceptors (Lipinski definition) is 25. The van der Waals surface area contributed by atoms with E-state index in [2.05, 4.69) is 111 Å². The Kier molecular flexibility index (Phi) is 27.9. The van der Waals surface area contributed by atoms with Crippen LogP contribution in [0.25, 0.3) is 33.2 Å². The van der Waals surface area contributed by atoms with Crippen molar-refractivity contribution in [2.45, 2.75) is 95.8 Å². The van der Waals surface area contributed by atoms with Gasteiger partial charge in [0.15, 0.2) is 0 Å². The zero-order valence-corrected chi connectivity index (χ0v) is 80.1. The number of piperazine rings is 4. The topological polar surface area (TPSA) is 384 Å². The van der Waals surface area contributed by atoms with E-state index < -0.39 is 72.9 Å². The summed E-state index contributed by atoms with van der Waals surface area (Å²) in [6.07, 6.45) is 14.6. The third-order valence-electron chi connectivity index (χ3n) is 27.1. The van der Waals surface area contributed by atoms with Gasteiger partial charge in [0.05, 0.1) is 73.8 Å². The molecule has 8 aliphatic rings. The van der Waals surface area contributed by atoms with Crippen molar-refractivity contribution >= 4 is 127 Å². The van der Waals surface area contributed by atoms with E-state index in [4.69, 9.17) is 42.1 Å². The predicted molar refractivity (Wildman–Crippen MR) is 517 cm³/mol. The molecule has 712 valence electrons. The second kappa shape index (κ2) is 39.6. The summed E-state index contributed by atoms with van der Waals surface area (Å²) in [7, 11) is -12.6. The van der Waals surface area contributed by atoms with Gasteiger partial charge in [-0.2, -0.15) is 4.31 Å². The van der Waals surface area contributed by atoms with Crippen molar-refractivity contribution in [2.75, 3.05) is 160 Å². The highest BCUT2D eigenvalue weighted by atomic mass is 35.5. The number of fused-ring (bicyclic) bond motifs is 4. The zero-order valence-electron chi connectivity index (χ0n) is 76.2. The lowest BCUT2D eigenvalue weighted by molar-refractivity contribution is -0.386. The van der Waals surface area contributed by atoms with E-state index in [-0.39, 0.29) is 87.9 Å². The van der Waals surface area contributed by atoms with Crippen LogP contribution in [0.2, 0.25) is 10.0 Å². The second-order valence-corrected chi connectivity index (χ2v) is 44.1. The Morgan fingerprint density at radius 1 is 0.511 bits per heavy atom. The van der Waals surface area contributed by atoms with Gasteiger partial charge in [0.1, 0.15) is 45.8 Å². The summed E-state index contributed by atoms with van der Waals surface area (Å²) < 4.78 is 110. The lowest BCUT2D eigenvalue weighted by Crippen LogP contribution is -2.50. The van der Waals surface area contributed by atoms with Crippen molar-refractivity contribution in [1.82, 2.24) is 58.2 Å². The van der Waals surface area contributed by atoms with E-state index in [1.165, 1.54) is 80.6 Å². The minimum atomic E-state index is -4.68. The number of rotatable bonds is 25. The Morgan fingerprint density at radius 3 is 1.29 bits per heavy atom. The fourth-order valence-electron chi connectivity index (χ4n) is 19.5. The van der Waals surface area contributed by atoms with Gasteiger partial charge in [-0.25, -0.2) is 44.7 Å². The van der Waals surface area contributed by atoms with Gasteiger partial charge in [-0.15, -0.1) is 0 Å². The maximum absolute atomic E-state index is 14.1. The SMILES string of the molecule is CC(=O)N1CCN(C[C@H]2COc3cc(S(=O)(=O)NC(=O)c4ccc(N5CCN(CC6=C(c7ccc(Cl)cc7)CC(C)(C)CC6)CC5)cc4Oc4cnc5[nH]ccc5c4)cc([N+](=O)[O-])c3C2)CC1.CC1(C)CCC(CN2CCN(c3ccc(C(=O)NS(=O)(=O)c4cc5c(c([N+](=O)[O-])c4)C[C@@H](CN4CCN(S(C)(=O)=O)CC4)CO5)c(Oc4cnc5[nH]ccc5c4)c3)CC2)=C(c2ccc(Cl)cc2)C1. The molecule has 33 nitrogen and oxygen atoms in total. The minimum Gasteiger partial charge on any atom is -0.493 e. The molecule has 0 bridgehead atoms. The lowest BCUT2D eigenvalue weighted by Gasteiger charge is -2.39. The van der Waals surface area contributed by atoms with Gasteiger partial charge in [-0.1, -0.05) is 86.3 Å². The van der Waals surface area contributed by atoms with Crippen molar-refractivity contribution in [3.8, 4) is 34.5 Å². The quantitative estimate of drug-likeness (QED) is 0.0305. The number of nitrogens with one attached hydrogen (secondary N) is 4. The number of amides is 3. The van der Waals surface area contributed by atoms with Gasteiger partial charge in [-0.05, 0) is 157 Å². The summed E-state index contributed by atoms with van der Waals surface area (Å²) >= 11 is 12.5. The van der Waals surface area contributed by atoms with Crippen LogP contribution in [0.1, 0.15) is 116 Å². The maximum atomic E-state index is 14.1. The molecule has 38 heteroatoms. The summed E-state index contributed by atoms with van der Waals surface area (Å²) in [6, 6.07) is 38.0. The average Bonchev–Trinajstić information content (AvgIpc) is 0.915. The van der Waals surface area contributed by atoms with Gasteiger partial charge >= 0.3 is 0 Å². The fourth-order valence-corrected chi connectivity index (χ4v) is 22.6. The average molecular weight is 1940 g/mol. The number of ether oxygens (including phenoxy) is 4. The number of halogens is 2. The predicted octanol–water partition coefficient (Wildman–Crippen LogP) is 14.5. The first-order valence-electron chi connectivity index (χ1n) is 45.5. The first-order valence-corrected chi connectivity index (χ1v) is 51.1. The van der Waals surface area contributed by atoms with Crippen LogP contribution in [-0.2, 0) is 47.7 Å². The number of nitro groups is 2. The van der Waals surface area contributed by atoms with Crippen LogP contribution in [0.4, 0.5) is 22.7 Å². The third-order valence-corrected chi connectivity index (χ3v) is 31.5. The Morgan fingerprint density at radius 2 is 0.904 bits per heavy atom. The molecule has 0 unspecified atom stereocenters. The van der Waals surface area contributed by atoms with Crippen LogP contribution in [0.3, 0.4) is 0 Å². The first kappa shape index (κ1) is 95.2. The van der Waals surface area contributed by atoms with Crippen LogP contribution in [0.5, 0.6) is 34.5 Å². The number of aromatic amines is 2. The highest BCUT2D eigenvalue weighted by molar-refractivity contribution is 7.90. The van der Waals surface area contributed by atoms with E-state index in [1.54, 1.807) is 60.6 Å². The number of H-pyrrole nitrogens is 2. The maximum Gasteiger partial charge on any atom is 0.277 e. The summed E-state index contributed by atoms with van der Waals surface area (Å²) in [6.45, 7) is 24.4. The number of benzene rings is 6.